The van der Waals surface area contributed by atoms with E-state index in [4.69, 9.17) is 5.73 Å². The molecule has 2 rings (SSSR count). The van der Waals surface area contributed by atoms with Crippen molar-refractivity contribution in [1.82, 2.24) is 4.31 Å². The van der Waals surface area contributed by atoms with E-state index >= 15 is 0 Å². The van der Waals surface area contributed by atoms with Crippen LogP contribution in [0.4, 0.5) is 0 Å². The summed E-state index contributed by atoms with van der Waals surface area (Å²) in [5.74, 6) is 0.530. The zero-order valence-electron chi connectivity index (χ0n) is 10.9. The van der Waals surface area contributed by atoms with Crippen molar-refractivity contribution in [3.8, 4) is 0 Å². The van der Waals surface area contributed by atoms with Gasteiger partial charge in [0.1, 0.15) is 0 Å². The van der Waals surface area contributed by atoms with E-state index < -0.39 is 10.0 Å². The van der Waals surface area contributed by atoms with Crippen LogP contribution < -0.4 is 5.73 Å². The summed E-state index contributed by atoms with van der Waals surface area (Å²) in [4.78, 5) is 0.329. The molecule has 0 spiro atoms. The molecule has 2 unspecified atom stereocenters. The summed E-state index contributed by atoms with van der Waals surface area (Å²) in [5, 5.41) is 0. The minimum atomic E-state index is -3.45. The first kappa shape index (κ1) is 15.0. The molecule has 106 valence electrons. The van der Waals surface area contributed by atoms with E-state index in [-0.39, 0.29) is 6.04 Å². The second-order valence-electron chi connectivity index (χ2n) is 5.09. The minimum Gasteiger partial charge on any atom is -0.329 e. The van der Waals surface area contributed by atoms with E-state index in [0.717, 1.165) is 17.3 Å². The molecule has 0 amide bonds. The first-order valence-corrected chi connectivity index (χ1v) is 8.66. The third-order valence-corrected chi connectivity index (χ3v) is 6.04. The average molecular weight is 347 g/mol. The van der Waals surface area contributed by atoms with E-state index in [1.807, 2.05) is 6.07 Å². The molecule has 0 saturated carbocycles. The number of halogens is 1. The highest BCUT2D eigenvalue weighted by atomic mass is 79.9. The number of hydrogen-bond acceptors (Lipinski definition) is 3. The monoisotopic (exact) mass is 346 g/mol. The van der Waals surface area contributed by atoms with Gasteiger partial charge in [-0.05, 0) is 37.0 Å². The van der Waals surface area contributed by atoms with Crippen molar-refractivity contribution < 1.29 is 8.42 Å². The number of sulfonamides is 1. The van der Waals surface area contributed by atoms with Crippen molar-refractivity contribution in [2.45, 2.75) is 30.7 Å². The van der Waals surface area contributed by atoms with Gasteiger partial charge in [0, 0.05) is 23.6 Å². The average Bonchev–Trinajstić information content (AvgIpc) is 2.38. The summed E-state index contributed by atoms with van der Waals surface area (Å²) in [7, 11) is -3.45. The molecule has 0 aliphatic carbocycles. The fraction of sp³-hybridized carbons (Fsp3) is 0.538. The molecule has 1 heterocycles. The molecule has 2 N–H and O–H groups in total. The summed E-state index contributed by atoms with van der Waals surface area (Å²) >= 11 is 3.31. The number of piperidine rings is 1. The van der Waals surface area contributed by atoms with Gasteiger partial charge in [-0.2, -0.15) is 4.31 Å². The summed E-state index contributed by atoms with van der Waals surface area (Å²) < 4.78 is 27.7. The van der Waals surface area contributed by atoms with Crippen LogP contribution in [0.3, 0.4) is 0 Å². The van der Waals surface area contributed by atoms with Crippen molar-refractivity contribution >= 4 is 26.0 Å². The Morgan fingerprint density at radius 3 is 2.84 bits per heavy atom. The van der Waals surface area contributed by atoms with E-state index in [2.05, 4.69) is 22.9 Å². The number of nitrogens with zero attached hydrogens (tertiary/aromatic N) is 1. The second-order valence-corrected chi connectivity index (χ2v) is 7.90. The molecule has 6 heteroatoms. The lowest BCUT2D eigenvalue weighted by Crippen LogP contribution is -2.49. The van der Waals surface area contributed by atoms with Crippen LogP contribution in [0.15, 0.2) is 33.6 Å². The molecule has 1 saturated heterocycles. The molecule has 1 aromatic rings. The maximum atomic E-state index is 12.7. The standard InChI is InChI=1S/C13H19BrN2O2S/c1-10-5-6-16(12(7-10)9-15)19(17,18)13-4-2-3-11(14)8-13/h2-4,8,10,12H,5-7,9,15H2,1H3. The molecule has 19 heavy (non-hydrogen) atoms. The van der Waals surface area contributed by atoms with E-state index in [0.29, 0.717) is 23.9 Å². The van der Waals surface area contributed by atoms with Gasteiger partial charge in [-0.15, -0.1) is 0 Å². The third kappa shape index (κ3) is 3.18. The number of hydrogen-bond donors (Lipinski definition) is 1. The smallest absolute Gasteiger partial charge is 0.243 e. The topological polar surface area (TPSA) is 63.4 Å². The molecule has 0 bridgehead atoms. The van der Waals surface area contributed by atoms with Crippen LogP contribution in [-0.4, -0.2) is 31.9 Å². The molecule has 1 fully saturated rings. The van der Waals surface area contributed by atoms with Crippen LogP contribution >= 0.6 is 15.9 Å². The van der Waals surface area contributed by atoms with Gasteiger partial charge in [0.15, 0.2) is 0 Å². The third-order valence-electron chi connectivity index (χ3n) is 3.60. The quantitative estimate of drug-likeness (QED) is 0.912. The largest absolute Gasteiger partial charge is 0.329 e. The van der Waals surface area contributed by atoms with Crippen molar-refractivity contribution in [3.63, 3.8) is 0 Å². The maximum absolute atomic E-state index is 12.7. The lowest BCUT2D eigenvalue weighted by Gasteiger charge is -2.36. The van der Waals surface area contributed by atoms with E-state index in [9.17, 15) is 8.42 Å². The first-order chi connectivity index (χ1) is 8.95. The lowest BCUT2D eigenvalue weighted by molar-refractivity contribution is 0.211. The molecule has 1 aliphatic rings. The number of benzene rings is 1. The van der Waals surface area contributed by atoms with Crippen LogP contribution in [0.25, 0.3) is 0 Å². The Morgan fingerprint density at radius 1 is 1.47 bits per heavy atom. The van der Waals surface area contributed by atoms with Crippen LogP contribution in [0, 0.1) is 5.92 Å². The summed E-state index contributed by atoms with van der Waals surface area (Å²) in [5.41, 5.74) is 5.75. The lowest BCUT2D eigenvalue weighted by atomic mass is 9.94. The molecule has 0 radical (unpaired) electrons. The number of nitrogens with two attached hydrogens (primary N) is 1. The van der Waals surface area contributed by atoms with Gasteiger partial charge in [0.2, 0.25) is 10.0 Å². The maximum Gasteiger partial charge on any atom is 0.243 e. The molecule has 0 aromatic heterocycles. The van der Waals surface area contributed by atoms with Crippen LogP contribution in [0.5, 0.6) is 0 Å². The van der Waals surface area contributed by atoms with Gasteiger partial charge in [-0.1, -0.05) is 28.9 Å². The highest BCUT2D eigenvalue weighted by molar-refractivity contribution is 9.10. The van der Waals surface area contributed by atoms with Gasteiger partial charge in [0.25, 0.3) is 0 Å². The van der Waals surface area contributed by atoms with Gasteiger partial charge >= 0.3 is 0 Å². The SMILES string of the molecule is CC1CCN(S(=O)(=O)c2cccc(Br)c2)C(CN)C1. The molecule has 1 aromatic carbocycles. The van der Waals surface area contributed by atoms with Crippen molar-refractivity contribution in [2.75, 3.05) is 13.1 Å². The van der Waals surface area contributed by atoms with Gasteiger partial charge in [-0.25, -0.2) is 8.42 Å². The summed E-state index contributed by atoms with van der Waals surface area (Å²) in [6.45, 7) is 3.07. The zero-order chi connectivity index (χ0) is 14.0. The van der Waals surface area contributed by atoms with E-state index in [1.165, 1.54) is 0 Å². The minimum absolute atomic E-state index is 0.0901. The molecule has 4 nitrogen and oxygen atoms in total. The second kappa shape index (κ2) is 5.91. The molecule has 2 atom stereocenters. The van der Waals surface area contributed by atoms with Crippen LogP contribution in [-0.2, 0) is 10.0 Å². The van der Waals surface area contributed by atoms with Gasteiger partial charge in [-0.3, -0.25) is 0 Å². The molecule has 1 aliphatic heterocycles. The van der Waals surface area contributed by atoms with Gasteiger partial charge < -0.3 is 5.73 Å². The highest BCUT2D eigenvalue weighted by Crippen LogP contribution is 2.28. The zero-order valence-corrected chi connectivity index (χ0v) is 13.3. The van der Waals surface area contributed by atoms with Crippen molar-refractivity contribution in [3.05, 3.63) is 28.7 Å². The van der Waals surface area contributed by atoms with Crippen molar-refractivity contribution in [2.24, 2.45) is 11.7 Å². The predicted octanol–water partition coefficient (Wildman–Crippen LogP) is 2.20. The summed E-state index contributed by atoms with van der Waals surface area (Å²) in [6, 6.07) is 6.73. The Bertz CT molecular complexity index is 547. The van der Waals surface area contributed by atoms with Gasteiger partial charge in [0.05, 0.1) is 4.90 Å². The first-order valence-electron chi connectivity index (χ1n) is 6.42. The fourth-order valence-corrected chi connectivity index (χ4v) is 4.78. The Balaban J connectivity index is 2.33. The highest BCUT2D eigenvalue weighted by Gasteiger charge is 2.34. The Kier molecular flexibility index (Phi) is 4.66. The van der Waals surface area contributed by atoms with Crippen LogP contribution in [0.1, 0.15) is 19.8 Å². The fourth-order valence-electron chi connectivity index (χ4n) is 2.52. The Hall–Kier alpha value is -0.430. The van der Waals surface area contributed by atoms with E-state index in [1.54, 1.807) is 22.5 Å². The predicted molar refractivity (Wildman–Crippen MR) is 79.3 cm³/mol. The van der Waals surface area contributed by atoms with Crippen LogP contribution in [0.2, 0.25) is 0 Å². The molecular weight excluding hydrogens is 328 g/mol. The number of rotatable bonds is 3. The van der Waals surface area contributed by atoms with Crippen molar-refractivity contribution in [1.29, 1.82) is 0 Å². The summed E-state index contributed by atoms with van der Waals surface area (Å²) in [6.07, 6.45) is 1.73. The Morgan fingerprint density at radius 2 is 2.21 bits per heavy atom. The Labute approximate surface area is 123 Å². The molecular formula is C13H19BrN2O2S. The normalized spacial score (nSPS) is 25.4.